The van der Waals surface area contributed by atoms with Gasteiger partial charge in [0.05, 0.1) is 0 Å². The fraction of sp³-hybridized carbons (Fsp3) is 0.636. The summed E-state index contributed by atoms with van der Waals surface area (Å²) in [6.07, 6.45) is 12.4. The maximum absolute atomic E-state index is 12.7. The smallest absolute Gasteiger partial charge is 0.211 e. The van der Waals surface area contributed by atoms with Crippen molar-refractivity contribution in [2.24, 2.45) is 0 Å². The van der Waals surface area contributed by atoms with Gasteiger partial charge in [-0.15, -0.1) is 11.8 Å². The minimum Gasteiger partial charge on any atom is -0.337 e. The summed E-state index contributed by atoms with van der Waals surface area (Å²) >= 11 is 1.53. The third kappa shape index (κ3) is 4.23. The standard InChI is InChI=1S/C22H30O3S/c1-2-3-4-5-6-7-8-9-10-13-16-26-22-20(24)18-15-12-11-14-17(18)19(23)21(22)25-22/h11-12,14-15,21H,2-10,13,16H2,1H3. The van der Waals surface area contributed by atoms with Crippen LogP contribution >= 0.6 is 11.8 Å². The average Bonchev–Trinajstić information content (AvgIpc) is 3.41. The number of carbonyl (C=O) groups excluding carboxylic acids is 2. The lowest BCUT2D eigenvalue weighted by atomic mass is 9.89. The van der Waals surface area contributed by atoms with Crippen LogP contribution in [0.2, 0.25) is 0 Å². The van der Waals surface area contributed by atoms with E-state index in [1.165, 1.54) is 69.5 Å². The topological polar surface area (TPSA) is 46.7 Å². The molecular weight excluding hydrogens is 344 g/mol. The van der Waals surface area contributed by atoms with Crippen molar-refractivity contribution in [3.05, 3.63) is 35.4 Å². The lowest BCUT2D eigenvalue weighted by Crippen LogP contribution is -2.34. The van der Waals surface area contributed by atoms with E-state index < -0.39 is 11.0 Å². The zero-order chi connectivity index (χ0) is 18.4. The van der Waals surface area contributed by atoms with Gasteiger partial charge < -0.3 is 4.74 Å². The molecule has 2 aliphatic rings. The number of carbonyl (C=O) groups is 2. The number of hydrogen-bond donors (Lipinski definition) is 0. The maximum Gasteiger partial charge on any atom is 0.211 e. The molecule has 1 aliphatic carbocycles. The Morgan fingerprint density at radius 1 is 0.885 bits per heavy atom. The molecule has 0 saturated carbocycles. The summed E-state index contributed by atoms with van der Waals surface area (Å²) in [5, 5.41) is 0. The van der Waals surface area contributed by atoms with Gasteiger partial charge in [0.25, 0.3) is 0 Å². The van der Waals surface area contributed by atoms with Gasteiger partial charge in [0.1, 0.15) is 0 Å². The molecular formula is C22H30O3S. The zero-order valence-corrected chi connectivity index (χ0v) is 16.6. The Balaban J connectivity index is 1.33. The van der Waals surface area contributed by atoms with Crippen LogP contribution in [0, 0.1) is 0 Å². The van der Waals surface area contributed by atoms with Crippen LogP contribution in [0.3, 0.4) is 0 Å². The molecule has 2 unspecified atom stereocenters. The van der Waals surface area contributed by atoms with E-state index in [2.05, 4.69) is 6.92 Å². The van der Waals surface area contributed by atoms with Gasteiger partial charge in [-0.2, -0.15) is 0 Å². The van der Waals surface area contributed by atoms with Crippen molar-refractivity contribution in [3.63, 3.8) is 0 Å². The van der Waals surface area contributed by atoms with Crippen LogP contribution in [0.25, 0.3) is 0 Å². The van der Waals surface area contributed by atoms with Crippen LogP contribution in [0.1, 0.15) is 91.8 Å². The first kappa shape index (κ1) is 19.6. The molecule has 0 radical (unpaired) electrons. The van der Waals surface area contributed by atoms with Crippen LogP contribution in [0.15, 0.2) is 24.3 Å². The van der Waals surface area contributed by atoms with E-state index in [-0.39, 0.29) is 11.6 Å². The fourth-order valence-electron chi connectivity index (χ4n) is 3.75. The number of unbranched alkanes of at least 4 members (excludes halogenated alkanes) is 9. The van der Waals surface area contributed by atoms with Gasteiger partial charge in [-0.3, -0.25) is 9.59 Å². The van der Waals surface area contributed by atoms with Crippen LogP contribution < -0.4 is 0 Å². The number of epoxide rings is 1. The van der Waals surface area contributed by atoms with Gasteiger partial charge >= 0.3 is 0 Å². The maximum atomic E-state index is 12.7. The summed E-state index contributed by atoms with van der Waals surface area (Å²) in [6, 6.07) is 7.09. The van der Waals surface area contributed by atoms with Crippen molar-refractivity contribution < 1.29 is 14.3 Å². The molecule has 0 spiro atoms. The van der Waals surface area contributed by atoms with Crippen molar-refractivity contribution in [2.75, 3.05) is 5.75 Å². The quantitative estimate of drug-likeness (QED) is 0.342. The molecule has 1 saturated heterocycles. The molecule has 26 heavy (non-hydrogen) atoms. The second kappa shape index (κ2) is 9.18. The van der Waals surface area contributed by atoms with Gasteiger partial charge in [0.2, 0.25) is 10.7 Å². The molecule has 3 nitrogen and oxygen atoms in total. The molecule has 1 heterocycles. The molecule has 1 fully saturated rings. The predicted molar refractivity (Wildman–Crippen MR) is 107 cm³/mol. The molecule has 142 valence electrons. The third-order valence-electron chi connectivity index (χ3n) is 5.39. The Morgan fingerprint density at radius 3 is 2.12 bits per heavy atom. The number of hydrogen-bond acceptors (Lipinski definition) is 4. The van der Waals surface area contributed by atoms with E-state index in [1.807, 2.05) is 6.07 Å². The number of thioether (sulfide) groups is 1. The number of Topliss-reactive ketones (excluding diaryl/α,β-unsaturated/α-hetero) is 2. The Kier molecular flexibility index (Phi) is 6.93. The van der Waals surface area contributed by atoms with Gasteiger partial charge in [-0.1, -0.05) is 89.0 Å². The highest BCUT2D eigenvalue weighted by Gasteiger charge is 2.69. The van der Waals surface area contributed by atoms with Crippen LogP contribution in [-0.4, -0.2) is 28.4 Å². The number of rotatable bonds is 12. The highest BCUT2D eigenvalue weighted by molar-refractivity contribution is 8.01. The van der Waals surface area contributed by atoms with Crippen LogP contribution in [0.4, 0.5) is 0 Å². The Morgan fingerprint density at radius 2 is 1.46 bits per heavy atom. The van der Waals surface area contributed by atoms with Crippen molar-refractivity contribution in [3.8, 4) is 0 Å². The Hall–Kier alpha value is -1.13. The first-order valence-electron chi connectivity index (χ1n) is 10.2. The van der Waals surface area contributed by atoms with Gasteiger partial charge in [-0.25, -0.2) is 0 Å². The summed E-state index contributed by atoms with van der Waals surface area (Å²) in [7, 11) is 0. The van der Waals surface area contributed by atoms with E-state index in [0.717, 1.165) is 12.2 Å². The largest absolute Gasteiger partial charge is 0.337 e. The highest BCUT2D eigenvalue weighted by atomic mass is 32.2. The summed E-state index contributed by atoms with van der Waals surface area (Å²) in [4.78, 5) is 24.2. The molecule has 0 N–H and O–H groups in total. The normalized spacial score (nSPS) is 23.7. The zero-order valence-electron chi connectivity index (χ0n) is 15.8. The number of ketones is 2. The fourth-order valence-corrected chi connectivity index (χ4v) is 5.07. The highest BCUT2D eigenvalue weighted by Crippen LogP contribution is 2.53. The monoisotopic (exact) mass is 374 g/mol. The van der Waals surface area contributed by atoms with Crippen LogP contribution in [0.5, 0.6) is 0 Å². The van der Waals surface area contributed by atoms with Crippen molar-refractivity contribution in [1.82, 2.24) is 0 Å². The number of fused-ring (bicyclic) bond motifs is 2. The van der Waals surface area contributed by atoms with Crippen molar-refractivity contribution in [1.29, 1.82) is 0 Å². The van der Waals surface area contributed by atoms with Gasteiger partial charge in [-0.05, 0) is 12.2 Å². The minimum absolute atomic E-state index is 0.0187. The molecule has 1 aromatic carbocycles. The molecule has 3 rings (SSSR count). The molecule has 2 atom stereocenters. The van der Waals surface area contributed by atoms with E-state index in [0.29, 0.717) is 11.1 Å². The van der Waals surface area contributed by atoms with E-state index >= 15 is 0 Å². The molecule has 1 aromatic rings. The summed E-state index contributed by atoms with van der Waals surface area (Å²) in [5.74, 6) is 0.833. The second-order valence-electron chi connectivity index (χ2n) is 7.43. The molecule has 0 aromatic heterocycles. The van der Waals surface area contributed by atoms with Crippen LogP contribution in [-0.2, 0) is 4.74 Å². The van der Waals surface area contributed by atoms with Gasteiger partial charge in [0.15, 0.2) is 11.9 Å². The number of ether oxygens (including phenoxy) is 1. The second-order valence-corrected chi connectivity index (χ2v) is 8.74. The predicted octanol–water partition coefficient (Wildman–Crippen LogP) is 5.81. The van der Waals surface area contributed by atoms with Crippen molar-refractivity contribution >= 4 is 23.3 Å². The van der Waals surface area contributed by atoms with Crippen molar-refractivity contribution in [2.45, 2.75) is 82.2 Å². The number of benzene rings is 1. The Bertz CT molecular complexity index is 642. The molecule has 0 amide bonds. The third-order valence-corrected chi connectivity index (χ3v) is 6.80. The molecule has 1 aliphatic heterocycles. The van der Waals surface area contributed by atoms with Gasteiger partial charge in [0, 0.05) is 11.1 Å². The van der Waals surface area contributed by atoms with E-state index in [9.17, 15) is 9.59 Å². The summed E-state index contributed by atoms with van der Waals surface area (Å²) in [5.41, 5.74) is 1.05. The first-order chi connectivity index (χ1) is 12.7. The molecule has 0 bridgehead atoms. The first-order valence-corrected chi connectivity index (χ1v) is 11.2. The minimum atomic E-state index is -0.912. The lowest BCUT2D eigenvalue weighted by molar-refractivity contribution is 0.0911. The van der Waals surface area contributed by atoms with E-state index in [4.69, 9.17) is 4.74 Å². The Labute approximate surface area is 161 Å². The summed E-state index contributed by atoms with van der Waals surface area (Å²) in [6.45, 7) is 2.25. The van der Waals surface area contributed by atoms with E-state index in [1.54, 1.807) is 18.2 Å². The lowest BCUT2D eigenvalue weighted by Gasteiger charge is -2.17. The SMILES string of the molecule is CCCCCCCCCCCCSC12OC1C(=O)c1ccccc1C2=O. The average molecular weight is 375 g/mol. The summed E-state index contributed by atoms with van der Waals surface area (Å²) < 4.78 is 5.63. The molecule has 4 heteroatoms.